The molecule has 0 saturated heterocycles. The van der Waals surface area contributed by atoms with E-state index in [9.17, 15) is 4.79 Å². The smallest absolute Gasteiger partial charge is 0.341 e. The van der Waals surface area contributed by atoms with Gasteiger partial charge in [-0.3, -0.25) is 0 Å². The summed E-state index contributed by atoms with van der Waals surface area (Å²) in [5, 5.41) is 10.6. The second kappa shape index (κ2) is 6.86. The molecule has 0 aliphatic rings. The van der Waals surface area contributed by atoms with Gasteiger partial charge in [0, 0.05) is 11.3 Å². The lowest BCUT2D eigenvalue weighted by molar-refractivity contribution is -0.139. The van der Waals surface area contributed by atoms with E-state index in [-0.39, 0.29) is 12.5 Å². The van der Waals surface area contributed by atoms with Gasteiger partial charge in [-0.15, -0.1) is 17.9 Å². The highest BCUT2D eigenvalue weighted by Gasteiger charge is 2.10. The minimum atomic E-state index is -0.982. The van der Waals surface area contributed by atoms with Crippen molar-refractivity contribution in [2.45, 2.75) is 12.3 Å². The van der Waals surface area contributed by atoms with Crippen LogP contribution in [0.3, 0.4) is 0 Å². The number of nitrogens with zero attached hydrogens (tertiary/aromatic N) is 1. The summed E-state index contributed by atoms with van der Waals surface area (Å²) in [6.45, 7) is 3.53. The quantitative estimate of drug-likeness (QED) is 0.796. The average molecular weight is 289 g/mol. The van der Waals surface area contributed by atoms with Crippen molar-refractivity contribution in [1.29, 1.82) is 0 Å². The highest BCUT2D eigenvalue weighted by atomic mass is 32.1. The molecule has 0 unspecified atom stereocenters. The molecule has 0 aliphatic heterocycles. The monoisotopic (exact) mass is 289 g/mol. The summed E-state index contributed by atoms with van der Waals surface area (Å²) >= 11 is 1.57. The molecule has 0 saturated carbocycles. The first-order valence-electron chi connectivity index (χ1n) is 6.13. The maximum Gasteiger partial charge on any atom is 0.341 e. The SMILES string of the molecule is C=C[C@@H](Cc1ccc(OCC(=O)O)cc1)c1cscn1. The molecule has 0 bridgehead atoms. The fourth-order valence-electron chi connectivity index (χ4n) is 1.83. The van der Waals surface area contributed by atoms with Gasteiger partial charge in [0.2, 0.25) is 0 Å². The zero-order valence-corrected chi connectivity index (χ0v) is 11.7. The molecular weight excluding hydrogens is 274 g/mol. The predicted octanol–water partition coefficient (Wildman–Crippen LogP) is 3.12. The maximum absolute atomic E-state index is 10.4. The van der Waals surface area contributed by atoms with Gasteiger partial charge in [0.25, 0.3) is 0 Å². The van der Waals surface area contributed by atoms with Crippen LogP contribution in [0.25, 0.3) is 0 Å². The molecule has 5 heteroatoms. The lowest BCUT2D eigenvalue weighted by Gasteiger charge is -2.10. The van der Waals surface area contributed by atoms with Gasteiger partial charge < -0.3 is 9.84 Å². The van der Waals surface area contributed by atoms with Crippen molar-refractivity contribution in [3.05, 3.63) is 59.1 Å². The Labute approximate surface area is 121 Å². The first-order chi connectivity index (χ1) is 9.69. The number of benzene rings is 1. The molecule has 1 heterocycles. The molecule has 0 aliphatic carbocycles. The fraction of sp³-hybridized carbons (Fsp3) is 0.200. The van der Waals surface area contributed by atoms with E-state index < -0.39 is 5.97 Å². The van der Waals surface area contributed by atoms with E-state index in [1.165, 1.54) is 0 Å². The summed E-state index contributed by atoms with van der Waals surface area (Å²) in [6.07, 6.45) is 2.70. The van der Waals surface area contributed by atoms with Crippen molar-refractivity contribution >= 4 is 17.3 Å². The molecular formula is C15H15NO3S. The second-order valence-electron chi connectivity index (χ2n) is 4.29. The minimum absolute atomic E-state index is 0.187. The summed E-state index contributed by atoms with van der Waals surface area (Å²) in [5.74, 6) is -0.240. The van der Waals surface area contributed by atoms with Gasteiger partial charge in [-0.2, -0.15) is 0 Å². The van der Waals surface area contributed by atoms with Crippen LogP contribution in [0.15, 0.2) is 47.8 Å². The lowest BCUT2D eigenvalue weighted by atomic mass is 9.97. The normalized spacial score (nSPS) is 11.8. The zero-order chi connectivity index (χ0) is 14.4. The van der Waals surface area contributed by atoms with E-state index in [4.69, 9.17) is 9.84 Å². The Morgan fingerprint density at radius 1 is 1.45 bits per heavy atom. The lowest BCUT2D eigenvalue weighted by Crippen LogP contribution is -2.09. The van der Waals surface area contributed by atoms with Crippen LogP contribution in [0.2, 0.25) is 0 Å². The summed E-state index contributed by atoms with van der Waals surface area (Å²) in [4.78, 5) is 14.7. The minimum Gasteiger partial charge on any atom is -0.482 e. The molecule has 1 aromatic heterocycles. The molecule has 20 heavy (non-hydrogen) atoms. The average Bonchev–Trinajstić information content (AvgIpc) is 2.97. The fourth-order valence-corrected chi connectivity index (χ4v) is 2.45. The predicted molar refractivity (Wildman–Crippen MR) is 78.3 cm³/mol. The number of thiazole rings is 1. The molecule has 0 radical (unpaired) electrons. The van der Waals surface area contributed by atoms with Crippen molar-refractivity contribution in [3.8, 4) is 5.75 Å². The number of hydrogen-bond donors (Lipinski definition) is 1. The van der Waals surface area contributed by atoms with E-state index in [1.807, 2.05) is 29.1 Å². The second-order valence-corrected chi connectivity index (χ2v) is 5.00. The molecule has 2 aromatic rings. The molecule has 2 rings (SSSR count). The van der Waals surface area contributed by atoms with Crippen LogP contribution in [0.1, 0.15) is 17.2 Å². The highest BCUT2D eigenvalue weighted by Crippen LogP contribution is 2.23. The molecule has 104 valence electrons. The Bertz CT molecular complexity index is 563. The van der Waals surface area contributed by atoms with Gasteiger partial charge >= 0.3 is 5.97 Å². The third-order valence-corrected chi connectivity index (χ3v) is 3.46. The van der Waals surface area contributed by atoms with Crippen molar-refractivity contribution in [1.82, 2.24) is 4.98 Å². The van der Waals surface area contributed by atoms with E-state index in [2.05, 4.69) is 11.6 Å². The van der Waals surface area contributed by atoms with Crippen LogP contribution in [0.5, 0.6) is 5.75 Å². The summed E-state index contributed by atoms with van der Waals surface area (Å²) in [7, 11) is 0. The molecule has 4 nitrogen and oxygen atoms in total. The van der Waals surface area contributed by atoms with Gasteiger partial charge in [0.1, 0.15) is 5.75 Å². The number of allylic oxidation sites excluding steroid dienone is 1. The number of hydrogen-bond acceptors (Lipinski definition) is 4. The number of ether oxygens (including phenoxy) is 1. The molecule has 1 aromatic carbocycles. The van der Waals surface area contributed by atoms with E-state index in [0.717, 1.165) is 17.7 Å². The van der Waals surface area contributed by atoms with Crippen molar-refractivity contribution < 1.29 is 14.6 Å². The largest absolute Gasteiger partial charge is 0.482 e. The third-order valence-electron chi connectivity index (χ3n) is 2.86. The topological polar surface area (TPSA) is 59.4 Å². The Morgan fingerprint density at radius 2 is 2.20 bits per heavy atom. The van der Waals surface area contributed by atoms with Gasteiger partial charge in [0.15, 0.2) is 6.61 Å². The number of aromatic nitrogens is 1. The van der Waals surface area contributed by atoms with Gasteiger partial charge in [0.05, 0.1) is 11.2 Å². The number of rotatable bonds is 7. The molecule has 0 spiro atoms. The van der Waals surface area contributed by atoms with Gasteiger partial charge in [-0.25, -0.2) is 9.78 Å². The number of carboxylic acid groups (broad SMARTS) is 1. The Hall–Kier alpha value is -2.14. The Morgan fingerprint density at radius 3 is 2.75 bits per heavy atom. The number of aliphatic carboxylic acids is 1. The number of carbonyl (C=O) groups is 1. The molecule has 0 amide bonds. The van der Waals surface area contributed by atoms with E-state index in [1.54, 1.807) is 23.5 Å². The van der Waals surface area contributed by atoms with E-state index in [0.29, 0.717) is 5.75 Å². The van der Waals surface area contributed by atoms with Crippen molar-refractivity contribution in [3.63, 3.8) is 0 Å². The first kappa shape index (κ1) is 14.3. The summed E-state index contributed by atoms with van der Waals surface area (Å²) < 4.78 is 5.10. The van der Waals surface area contributed by atoms with Crippen LogP contribution in [0.4, 0.5) is 0 Å². The van der Waals surface area contributed by atoms with Crippen LogP contribution >= 0.6 is 11.3 Å². The van der Waals surface area contributed by atoms with E-state index >= 15 is 0 Å². The van der Waals surface area contributed by atoms with Crippen molar-refractivity contribution in [2.24, 2.45) is 0 Å². The number of carboxylic acids is 1. The third kappa shape index (κ3) is 3.93. The first-order valence-corrected chi connectivity index (χ1v) is 7.07. The van der Waals surface area contributed by atoms with Gasteiger partial charge in [-0.05, 0) is 24.1 Å². The van der Waals surface area contributed by atoms with Crippen LogP contribution in [0, 0.1) is 0 Å². The highest BCUT2D eigenvalue weighted by molar-refractivity contribution is 7.07. The van der Waals surface area contributed by atoms with Crippen LogP contribution in [-0.2, 0) is 11.2 Å². The standard InChI is InChI=1S/C15H15NO3S/c1-2-12(14-9-20-10-16-14)7-11-3-5-13(6-4-11)19-8-15(17)18/h2-6,9-10,12H,1,7-8H2,(H,17,18)/t12-/m0/s1. The van der Waals surface area contributed by atoms with Gasteiger partial charge in [-0.1, -0.05) is 18.2 Å². The molecule has 1 N–H and O–H groups in total. The van der Waals surface area contributed by atoms with Crippen molar-refractivity contribution in [2.75, 3.05) is 6.61 Å². The van der Waals surface area contributed by atoms with Crippen LogP contribution < -0.4 is 4.74 Å². The van der Waals surface area contributed by atoms with Crippen LogP contribution in [-0.4, -0.2) is 22.7 Å². The molecule has 1 atom stereocenters. The summed E-state index contributed by atoms with van der Waals surface area (Å²) in [5.41, 5.74) is 3.97. The molecule has 0 fully saturated rings. The Balaban J connectivity index is 1.99. The zero-order valence-electron chi connectivity index (χ0n) is 10.9. The maximum atomic E-state index is 10.4. The Kier molecular flexibility index (Phi) is 4.90. The summed E-state index contributed by atoms with van der Waals surface area (Å²) in [6, 6.07) is 7.42.